The second-order valence-electron chi connectivity index (χ2n) is 6.26. The Hall–Kier alpha value is -2.81. The van der Waals surface area contributed by atoms with Crippen LogP contribution in [0.2, 0.25) is 0 Å². The number of anilines is 1. The van der Waals surface area contributed by atoms with Gasteiger partial charge in [-0.1, -0.05) is 54.6 Å². The van der Waals surface area contributed by atoms with Gasteiger partial charge in [-0.3, -0.25) is 10.9 Å². The highest BCUT2D eigenvalue weighted by Crippen LogP contribution is 2.12. The molecule has 0 bridgehead atoms. The van der Waals surface area contributed by atoms with Crippen molar-refractivity contribution in [2.24, 2.45) is 5.10 Å². The lowest BCUT2D eigenvalue weighted by Gasteiger charge is -2.16. The number of hydrogen-bond donors (Lipinski definition) is 5. The van der Waals surface area contributed by atoms with Gasteiger partial charge in [0.1, 0.15) is 0 Å². The van der Waals surface area contributed by atoms with Gasteiger partial charge in [0.2, 0.25) is 0 Å². The van der Waals surface area contributed by atoms with Gasteiger partial charge in [-0.05, 0) is 61.5 Å². The lowest BCUT2D eigenvalue weighted by Crippen LogP contribution is -2.49. The topological polar surface area (TPSA) is 72.5 Å². The second-order valence-corrected chi connectivity index (χ2v) is 7.07. The van der Waals surface area contributed by atoms with Crippen molar-refractivity contribution in [2.45, 2.75) is 19.9 Å². The number of nitrogens with zero attached hydrogens (tertiary/aromatic N) is 1. The van der Waals surface area contributed by atoms with Crippen LogP contribution in [0.1, 0.15) is 25.0 Å². The van der Waals surface area contributed by atoms with E-state index in [0.717, 1.165) is 17.0 Å². The van der Waals surface area contributed by atoms with Gasteiger partial charge in [-0.2, -0.15) is 5.10 Å². The summed E-state index contributed by atoms with van der Waals surface area (Å²) in [5.74, 6) is 0. The molecule has 0 aromatic heterocycles. The molecule has 0 amide bonds. The molecule has 0 radical (unpaired) electrons. The number of hydrazone groups is 1. The molecule has 1 atom stereocenters. The smallest absolute Gasteiger partial charge is 0.191 e. The third-order valence-electron chi connectivity index (χ3n) is 4.03. The van der Waals surface area contributed by atoms with Crippen LogP contribution in [0.3, 0.4) is 0 Å². The fourth-order valence-corrected chi connectivity index (χ4v) is 2.39. The molecular weight excluding hydrogens is 400 g/mol. The molecule has 0 aliphatic rings. The van der Waals surface area contributed by atoms with Crippen LogP contribution in [0.15, 0.2) is 59.7 Å². The third kappa shape index (κ3) is 8.39. The first-order chi connectivity index (χ1) is 14.0. The quantitative estimate of drug-likeness (QED) is 0.201. The monoisotopic (exact) mass is 426 g/mol. The predicted molar refractivity (Wildman–Crippen MR) is 132 cm³/mol. The Bertz CT molecular complexity index is 862. The van der Waals surface area contributed by atoms with E-state index in [1.807, 2.05) is 56.3 Å². The number of thiocarbonyl (C=S) groups is 2. The molecule has 0 fully saturated rings. The Morgan fingerprint density at radius 2 is 1.55 bits per heavy atom. The lowest BCUT2D eigenvalue weighted by molar-refractivity contribution is 0.613. The molecule has 0 aliphatic carbocycles. The van der Waals surface area contributed by atoms with E-state index < -0.39 is 0 Å². The highest BCUT2D eigenvalue weighted by atomic mass is 32.1. The van der Waals surface area contributed by atoms with Crippen LogP contribution in [0.25, 0.3) is 12.2 Å². The number of hydrogen-bond acceptors (Lipinski definition) is 4. The van der Waals surface area contributed by atoms with Crippen molar-refractivity contribution in [2.75, 3.05) is 12.4 Å². The fraction of sp³-hybridized carbons (Fsp3) is 0.190. The van der Waals surface area contributed by atoms with Gasteiger partial charge >= 0.3 is 0 Å². The average molecular weight is 427 g/mol. The van der Waals surface area contributed by atoms with E-state index in [-0.39, 0.29) is 6.04 Å². The van der Waals surface area contributed by atoms with Crippen LogP contribution in [0.4, 0.5) is 5.69 Å². The predicted octanol–water partition coefficient (Wildman–Crippen LogP) is 3.51. The van der Waals surface area contributed by atoms with E-state index >= 15 is 0 Å². The number of benzene rings is 2. The van der Waals surface area contributed by atoms with Crippen LogP contribution >= 0.6 is 24.4 Å². The van der Waals surface area contributed by atoms with Gasteiger partial charge < -0.3 is 10.6 Å². The summed E-state index contributed by atoms with van der Waals surface area (Å²) in [4.78, 5) is 0. The Morgan fingerprint density at radius 1 is 0.931 bits per heavy atom. The van der Waals surface area contributed by atoms with Crippen LogP contribution in [-0.2, 0) is 0 Å². The Labute approximate surface area is 182 Å². The average Bonchev–Trinajstić information content (AvgIpc) is 2.75. The normalized spacial score (nSPS) is 12.3. The molecule has 29 heavy (non-hydrogen) atoms. The first kappa shape index (κ1) is 22.5. The maximum atomic E-state index is 5.30. The zero-order valence-corrected chi connectivity index (χ0v) is 18.3. The maximum absolute atomic E-state index is 5.30. The van der Waals surface area contributed by atoms with Crippen molar-refractivity contribution in [1.29, 1.82) is 0 Å². The van der Waals surface area contributed by atoms with Crippen molar-refractivity contribution >= 4 is 58.2 Å². The maximum Gasteiger partial charge on any atom is 0.191 e. The lowest BCUT2D eigenvalue weighted by atomic mass is 10.1. The van der Waals surface area contributed by atoms with Crippen molar-refractivity contribution in [3.63, 3.8) is 0 Å². The summed E-state index contributed by atoms with van der Waals surface area (Å²) in [7, 11) is 1.75. The van der Waals surface area contributed by atoms with E-state index in [2.05, 4.69) is 56.3 Å². The van der Waals surface area contributed by atoms with Gasteiger partial charge in [0.05, 0.1) is 11.8 Å². The van der Waals surface area contributed by atoms with Gasteiger partial charge in [-0.15, -0.1) is 0 Å². The summed E-state index contributed by atoms with van der Waals surface area (Å²) in [6.07, 6.45) is 4.16. The van der Waals surface area contributed by atoms with Crippen LogP contribution in [-0.4, -0.2) is 29.0 Å². The van der Waals surface area contributed by atoms with Crippen molar-refractivity contribution < 1.29 is 0 Å². The summed E-state index contributed by atoms with van der Waals surface area (Å²) in [6, 6.07) is 18.2. The first-order valence-corrected chi connectivity index (χ1v) is 9.97. The molecule has 5 N–H and O–H groups in total. The van der Waals surface area contributed by atoms with Gasteiger partial charge in [-0.25, -0.2) is 5.43 Å². The molecule has 2 aromatic rings. The largest absolute Gasteiger partial charge is 0.365 e. The van der Waals surface area contributed by atoms with Crippen LogP contribution in [0, 0.1) is 0 Å². The van der Waals surface area contributed by atoms with Gasteiger partial charge in [0, 0.05) is 12.7 Å². The zero-order valence-electron chi connectivity index (χ0n) is 16.7. The SMILES string of the molecule is CNC(=S)NNC(C)/C(C)=N\NC(=S)Nc1ccc(/C=C/c2ccccc2)cc1. The second kappa shape index (κ2) is 11.9. The van der Waals surface area contributed by atoms with E-state index in [1.54, 1.807) is 7.05 Å². The van der Waals surface area contributed by atoms with E-state index in [4.69, 9.17) is 24.4 Å². The molecule has 0 spiro atoms. The summed E-state index contributed by atoms with van der Waals surface area (Å²) in [5.41, 5.74) is 12.8. The van der Waals surface area contributed by atoms with Crippen molar-refractivity contribution in [3.05, 3.63) is 65.7 Å². The van der Waals surface area contributed by atoms with E-state index in [0.29, 0.717) is 10.2 Å². The van der Waals surface area contributed by atoms with E-state index in [9.17, 15) is 0 Å². The molecular formula is C21H26N6S2. The Morgan fingerprint density at radius 3 is 2.17 bits per heavy atom. The third-order valence-corrected chi connectivity index (χ3v) is 4.53. The molecule has 6 nitrogen and oxygen atoms in total. The zero-order chi connectivity index (χ0) is 21.1. The molecule has 8 heteroatoms. The first-order valence-electron chi connectivity index (χ1n) is 9.15. The molecule has 0 saturated carbocycles. The summed E-state index contributed by atoms with van der Waals surface area (Å²) in [6.45, 7) is 3.86. The van der Waals surface area contributed by atoms with Crippen LogP contribution in [0.5, 0.6) is 0 Å². The molecule has 0 saturated heterocycles. The number of nitrogens with one attached hydrogen (secondary N) is 5. The summed E-state index contributed by atoms with van der Waals surface area (Å²) < 4.78 is 0. The van der Waals surface area contributed by atoms with Crippen molar-refractivity contribution in [1.82, 2.24) is 21.6 Å². The minimum atomic E-state index is -0.0349. The van der Waals surface area contributed by atoms with Gasteiger partial charge in [0.15, 0.2) is 10.2 Å². The minimum absolute atomic E-state index is 0.0349. The van der Waals surface area contributed by atoms with E-state index in [1.165, 1.54) is 5.56 Å². The molecule has 2 rings (SSSR count). The van der Waals surface area contributed by atoms with Crippen LogP contribution < -0.4 is 26.9 Å². The standard InChI is InChI=1S/C21H26N6S2/c1-15(24-26-20(28)22-3)16(2)25-27-21(29)23-19-13-11-18(12-14-19)10-9-17-7-5-4-6-8-17/h4-15,24H,1-3H3,(H2,22,26,28)(H2,23,27,29)/b10-9+,25-16-. The molecule has 0 aliphatic heterocycles. The molecule has 1 unspecified atom stereocenters. The van der Waals surface area contributed by atoms with Crippen molar-refractivity contribution in [3.8, 4) is 0 Å². The molecule has 152 valence electrons. The highest BCUT2D eigenvalue weighted by Gasteiger charge is 2.06. The number of rotatable bonds is 7. The Balaban J connectivity index is 1.82. The summed E-state index contributed by atoms with van der Waals surface area (Å²) in [5, 5.41) is 11.2. The van der Waals surface area contributed by atoms with Gasteiger partial charge in [0.25, 0.3) is 0 Å². The molecule has 0 heterocycles. The summed E-state index contributed by atoms with van der Waals surface area (Å²) >= 11 is 10.3. The highest BCUT2D eigenvalue weighted by molar-refractivity contribution is 7.80. The fourth-order valence-electron chi connectivity index (χ4n) is 2.17. The Kier molecular flexibility index (Phi) is 9.23. The minimum Gasteiger partial charge on any atom is -0.365 e. The molecule has 2 aromatic carbocycles. The number of hydrazine groups is 1.